The first-order valence-electron chi connectivity index (χ1n) is 9.15. The molecule has 10 heteroatoms. The number of benzene rings is 2. The number of hydrogen-bond donors (Lipinski definition) is 0. The van der Waals surface area contributed by atoms with E-state index in [1.807, 2.05) is 25.1 Å². The Hall–Kier alpha value is -2.88. The number of nitro benzene ring substituents is 1. The van der Waals surface area contributed by atoms with E-state index in [-0.39, 0.29) is 11.7 Å². The molecule has 2 heterocycles. The van der Waals surface area contributed by atoms with Crippen molar-refractivity contribution in [1.82, 2.24) is 25.1 Å². The molecule has 0 bridgehead atoms. The standard InChI is InChI=1S/C19H19ClN6O3/c1-13-5-6-15(20)12-17(13)25-19(21-22-23-25)18(24-7-9-29-10-8-24)14-3-2-4-16(11-14)26(27)28/h2-6,11-12,18H,7-10H2,1H3. The molecule has 2 aromatic carbocycles. The zero-order valence-corrected chi connectivity index (χ0v) is 16.5. The quantitative estimate of drug-likeness (QED) is 0.467. The molecule has 1 atom stereocenters. The van der Waals surface area contributed by atoms with Gasteiger partial charge in [-0.15, -0.1) is 5.10 Å². The van der Waals surface area contributed by atoms with Gasteiger partial charge < -0.3 is 4.74 Å². The average Bonchev–Trinajstić information content (AvgIpc) is 3.20. The Morgan fingerprint density at radius 2 is 2.00 bits per heavy atom. The summed E-state index contributed by atoms with van der Waals surface area (Å²) in [6, 6.07) is 11.7. The van der Waals surface area contributed by atoms with Gasteiger partial charge in [0.2, 0.25) is 0 Å². The van der Waals surface area contributed by atoms with Crippen LogP contribution < -0.4 is 0 Å². The molecule has 1 saturated heterocycles. The van der Waals surface area contributed by atoms with Gasteiger partial charge in [0.05, 0.1) is 29.9 Å². The summed E-state index contributed by atoms with van der Waals surface area (Å²) in [6.07, 6.45) is 0. The van der Waals surface area contributed by atoms with Gasteiger partial charge in [0.15, 0.2) is 5.82 Å². The summed E-state index contributed by atoms with van der Waals surface area (Å²) in [5, 5.41) is 24.3. The fraction of sp³-hybridized carbons (Fsp3) is 0.316. The molecule has 1 aromatic heterocycles. The van der Waals surface area contributed by atoms with Crippen molar-refractivity contribution in [2.75, 3.05) is 26.3 Å². The normalized spacial score (nSPS) is 15.9. The molecule has 0 N–H and O–H groups in total. The first-order chi connectivity index (χ1) is 14.0. The molecule has 0 spiro atoms. The van der Waals surface area contributed by atoms with Crippen LogP contribution in [-0.4, -0.2) is 56.3 Å². The second-order valence-electron chi connectivity index (χ2n) is 6.78. The Bertz CT molecular complexity index is 1030. The highest BCUT2D eigenvalue weighted by Gasteiger charge is 2.31. The molecule has 150 valence electrons. The number of rotatable bonds is 5. The van der Waals surface area contributed by atoms with Crippen molar-refractivity contribution in [3.63, 3.8) is 0 Å². The van der Waals surface area contributed by atoms with Crippen LogP contribution in [0.5, 0.6) is 0 Å². The fourth-order valence-electron chi connectivity index (χ4n) is 3.51. The number of nitrogens with zero attached hydrogens (tertiary/aromatic N) is 6. The van der Waals surface area contributed by atoms with E-state index in [4.69, 9.17) is 16.3 Å². The van der Waals surface area contributed by atoms with Crippen LogP contribution in [0.15, 0.2) is 42.5 Å². The Kier molecular flexibility index (Phi) is 5.52. The van der Waals surface area contributed by atoms with Crippen molar-refractivity contribution in [2.45, 2.75) is 13.0 Å². The van der Waals surface area contributed by atoms with Gasteiger partial charge >= 0.3 is 0 Å². The SMILES string of the molecule is Cc1ccc(Cl)cc1-n1nnnc1C(c1cccc([N+](=O)[O-])c1)N1CCOCC1. The number of morpholine rings is 1. The van der Waals surface area contributed by atoms with E-state index in [0.717, 1.165) is 16.8 Å². The summed E-state index contributed by atoms with van der Waals surface area (Å²) >= 11 is 6.20. The highest BCUT2D eigenvalue weighted by Crippen LogP contribution is 2.32. The molecule has 0 radical (unpaired) electrons. The number of nitro groups is 1. The Balaban J connectivity index is 1.85. The van der Waals surface area contributed by atoms with E-state index < -0.39 is 4.92 Å². The van der Waals surface area contributed by atoms with Crippen LogP contribution >= 0.6 is 11.6 Å². The van der Waals surface area contributed by atoms with Crippen LogP contribution in [0, 0.1) is 17.0 Å². The van der Waals surface area contributed by atoms with Gasteiger partial charge in [-0.05, 0) is 40.6 Å². The zero-order chi connectivity index (χ0) is 20.4. The van der Waals surface area contributed by atoms with Crippen LogP contribution in [0.25, 0.3) is 5.69 Å². The molecule has 1 aliphatic rings. The third-order valence-electron chi connectivity index (χ3n) is 4.95. The van der Waals surface area contributed by atoms with Crippen LogP contribution in [0.1, 0.15) is 23.0 Å². The number of tetrazole rings is 1. The molecule has 29 heavy (non-hydrogen) atoms. The summed E-state index contributed by atoms with van der Waals surface area (Å²) in [5.74, 6) is 0.567. The van der Waals surface area contributed by atoms with E-state index in [0.29, 0.717) is 37.2 Å². The average molecular weight is 415 g/mol. The van der Waals surface area contributed by atoms with Gasteiger partial charge in [0.1, 0.15) is 0 Å². The molecule has 3 aromatic rings. The van der Waals surface area contributed by atoms with E-state index in [1.54, 1.807) is 22.9 Å². The van der Waals surface area contributed by atoms with Crippen molar-refractivity contribution in [3.05, 3.63) is 74.6 Å². The lowest BCUT2D eigenvalue weighted by Crippen LogP contribution is -2.40. The monoisotopic (exact) mass is 414 g/mol. The Labute approximate surface area is 172 Å². The van der Waals surface area contributed by atoms with Gasteiger partial charge in [-0.3, -0.25) is 15.0 Å². The zero-order valence-electron chi connectivity index (χ0n) is 15.7. The number of ether oxygens (including phenoxy) is 1. The molecular formula is C19H19ClN6O3. The van der Waals surface area contributed by atoms with Gasteiger partial charge in [-0.25, -0.2) is 0 Å². The molecular weight excluding hydrogens is 396 g/mol. The summed E-state index contributed by atoms with van der Waals surface area (Å²) in [4.78, 5) is 13.1. The maximum atomic E-state index is 11.3. The molecule has 1 aliphatic heterocycles. The summed E-state index contributed by atoms with van der Waals surface area (Å²) in [7, 11) is 0. The molecule has 0 amide bonds. The number of hydrogen-bond acceptors (Lipinski definition) is 7. The highest BCUT2D eigenvalue weighted by molar-refractivity contribution is 6.30. The second-order valence-corrected chi connectivity index (χ2v) is 7.22. The van der Waals surface area contributed by atoms with Crippen LogP contribution in [0.2, 0.25) is 5.02 Å². The van der Waals surface area contributed by atoms with E-state index in [2.05, 4.69) is 20.4 Å². The molecule has 1 fully saturated rings. The third-order valence-corrected chi connectivity index (χ3v) is 5.18. The van der Waals surface area contributed by atoms with Crippen molar-refractivity contribution in [2.24, 2.45) is 0 Å². The van der Waals surface area contributed by atoms with Crippen molar-refractivity contribution in [1.29, 1.82) is 0 Å². The first kappa shape index (κ1) is 19.4. The maximum Gasteiger partial charge on any atom is 0.269 e. The summed E-state index contributed by atoms with van der Waals surface area (Å²) in [5.41, 5.74) is 2.50. The lowest BCUT2D eigenvalue weighted by Gasteiger charge is -2.33. The molecule has 1 unspecified atom stereocenters. The van der Waals surface area contributed by atoms with E-state index in [1.165, 1.54) is 6.07 Å². The first-order valence-corrected chi connectivity index (χ1v) is 9.53. The van der Waals surface area contributed by atoms with Crippen LogP contribution in [0.3, 0.4) is 0 Å². The summed E-state index contributed by atoms with van der Waals surface area (Å²) < 4.78 is 7.14. The molecule has 4 rings (SSSR count). The number of non-ortho nitro benzene ring substituents is 1. The second kappa shape index (κ2) is 8.24. The maximum absolute atomic E-state index is 11.3. The van der Waals surface area contributed by atoms with Crippen LogP contribution in [0.4, 0.5) is 5.69 Å². The predicted molar refractivity (Wildman–Crippen MR) is 106 cm³/mol. The van der Waals surface area contributed by atoms with Gasteiger partial charge in [0, 0.05) is 30.2 Å². The third kappa shape index (κ3) is 3.98. The minimum atomic E-state index is -0.399. The van der Waals surface area contributed by atoms with Crippen molar-refractivity contribution in [3.8, 4) is 5.69 Å². The summed E-state index contributed by atoms with van der Waals surface area (Å²) in [6.45, 7) is 4.42. The topological polar surface area (TPSA) is 99.2 Å². The Morgan fingerprint density at radius 1 is 1.21 bits per heavy atom. The largest absolute Gasteiger partial charge is 0.379 e. The molecule has 0 saturated carbocycles. The van der Waals surface area contributed by atoms with Gasteiger partial charge in [0.25, 0.3) is 5.69 Å². The minimum absolute atomic E-state index is 0.0266. The molecule has 9 nitrogen and oxygen atoms in total. The lowest BCUT2D eigenvalue weighted by molar-refractivity contribution is -0.384. The number of halogens is 1. The van der Waals surface area contributed by atoms with E-state index in [9.17, 15) is 10.1 Å². The van der Waals surface area contributed by atoms with Gasteiger partial charge in [-0.2, -0.15) is 4.68 Å². The van der Waals surface area contributed by atoms with Crippen LogP contribution in [-0.2, 0) is 4.74 Å². The molecule has 0 aliphatic carbocycles. The number of aryl methyl sites for hydroxylation is 1. The number of aromatic nitrogens is 4. The fourth-order valence-corrected chi connectivity index (χ4v) is 3.68. The van der Waals surface area contributed by atoms with E-state index >= 15 is 0 Å². The van der Waals surface area contributed by atoms with Crippen molar-refractivity contribution < 1.29 is 9.66 Å². The minimum Gasteiger partial charge on any atom is -0.379 e. The van der Waals surface area contributed by atoms with Gasteiger partial charge in [-0.1, -0.05) is 29.8 Å². The highest BCUT2D eigenvalue weighted by atomic mass is 35.5. The lowest BCUT2D eigenvalue weighted by atomic mass is 10.0. The van der Waals surface area contributed by atoms with Crippen molar-refractivity contribution >= 4 is 17.3 Å². The Morgan fingerprint density at radius 3 is 2.76 bits per heavy atom. The smallest absolute Gasteiger partial charge is 0.269 e. The predicted octanol–water partition coefficient (Wildman–Crippen LogP) is 2.95.